The second kappa shape index (κ2) is 67.9. The number of ether oxygens (including phenoxy) is 3. The molecule has 0 radical (unpaired) electrons. The molecule has 462 valence electrons. The van der Waals surface area contributed by atoms with Gasteiger partial charge < -0.3 is 14.2 Å². The summed E-state index contributed by atoms with van der Waals surface area (Å²) < 4.78 is 16.9. The summed E-state index contributed by atoms with van der Waals surface area (Å²) in [7, 11) is 0. The predicted molar refractivity (Wildman–Crippen MR) is 344 cm³/mol. The monoisotopic (exact) mass is 1110 g/mol. The predicted octanol–water partition coefficient (Wildman–Crippen LogP) is 24.1. The van der Waals surface area contributed by atoms with Crippen molar-refractivity contribution in [2.45, 2.75) is 386 Å². The van der Waals surface area contributed by atoms with Crippen LogP contribution in [0.3, 0.4) is 0 Å². The number of carbonyl (C=O) groups is 3. The molecule has 0 amide bonds. The highest BCUT2D eigenvalue weighted by Gasteiger charge is 2.19. The first-order valence-electron chi connectivity index (χ1n) is 35.1. The van der Waals surface area contributed by atoms with E-state index in [4.69, 9.17) is 14.2 Å². The lowest BCUT2D eigenvalue weighted by Gasteiger charge is -2.18. The average Bonchev–Trinajstić information content (AvgIpc) is 3.45. The Morgan fingerprint density at radius 1 is 0.266 bits per heavy atom. The first-order chi connectivity index (χ1) is 39.0. The van der Waals surface area contributed by atoms with E-state index >= 15 is 0 Å². The van der Waals surface area contributed by atoms with E-state index in [0.29, 0.717) is 19.3 Å². The topological polar surface area (TPSA) is 78.9 Å². The van der Waals surface area contributed by atoms with Crippen molar-refractivity contribution in [3.8, 4) is 0 Å². The van der Waals surface area contributed by atoms with Gasteiger partial charge in [-0.05, 0) is 57.8 Å². The van der Waals surface area contributed by atoms with Crippen LogP contribution in [0, 0.1) is 0 Å². The molecule has 0 saturated carbocycles. The zero-order valence-electron chi connectivity index (χ0n) is 53.2. The van der Waals surface area contributed by atoms with Crippen molar-refractivity contribution in [1.29, 1.82) is 0 Å². The Kier molecular flexibility index (Phi) is 65.6. The van der Waals surface area contributed by atoms with Crippen molar-refractivity contribution < 1.29 is 28.6 Å². The normalized spacial score (nSPS) is 12.3. The van der Waals surface area contributed by atoms with Gasteiger partial charge in [-0.15, -0.1) is 0 Å². The van der Waals surface area contributed by atoms with Crippen molar-refractivity contribution >= 4 is 17.9 Å². The molecule has 0 N–H and O–H groups in total. The molecule has 0 aliphatic heterocycles. The summed E-state index contributed by atoms with van der Waals surface area (Å²) in [6.45, 7) is 6.54. The van der Waals surface area contributed by atoms with E-state index < -0.39 is 6.10 Å². The molecule has 0 spiro atoms. The minimum absolute atomic E-state index is 0.0854. The van der Waals surface area contributed by atoms with Gasteiger partial charge in [0.25, 0.3) is 0 Å². The molecule has 0 saturated heterocycles. The van der Waals surface area contributed by atoms with Crippen molar-refractivity contribution in [2.75, 3.05) is 13.2 Å². The lowest BCUT2D eigenvalue weighted by molar-refractivity contribution is -0.167. The van der Waals surface area contributed by atoms with Gasteiger partial charge in [0.15, 0.2) is 6.10 Å². The van der Waals surface area contributed by atoms with Crippen LogP contribution in [0.1, 0.15) is 380 Å². The average molecular weight is 1110 g/mol. The molecule has 0 aliphatic rings. The van der Waals surface area contributed by atoms with Gasteiger partial charge in [0.2, 0.25) is 0 Å². The third-order valence-corrected chi connectivity index (χ3v) is 15.8. The van der Waals surface area contributed by atoms with Crippen LogP contribution in [0.5, 0.6) is 0 Å². The summed E-state index contributed by atoms with van der Waals surface area (Å²) in [5.41, 5.74) is 0. The van der Waals surface area contributed by atoms with Gasteiger partial charge in [0.1, 0.15) is 13.2 Å². The van der Waals surface area contributed by atoms with Crippen LogP contribution in [-0.2, 0) is 28.6 Å². The molecule has 6 nitrogen and oxygen atoms in total. The van der Waals surface area contributed by atoms with E-state index in [1.807, 2.05) is 0 Å². The van der Waals surface area contributed by atoms with Crippen molar-refractivity contribution in [3.05, 3.63) is 48.6 Å². The first kappa shape index (κ1) is 76.4. The summed E-state index contributed by atoms with van der Waals surface area (Å²) >= 11 is 0. The minimum Gasteiger partial charge on any atom is -0.462 e. The van der Waals surface area contributed by atoms with Crippen LogP contribution in [0.2, 0.25) is 0 Å². The van der Waals surface area contributed by atoms with Gasteiger partial charge in [0, 0.05) is 19.3 Å². The number of esters is 3. The number of allylic oxidation sites excluding steroid dienone is 8. The van der Waals surface area contributed by atoms with Crippen LogP contribution in [0.25, 0.3) is 0 Å². The molecule has 0 aromatic rings. The van der Waals surface area contributed by atoms with E-state index in [0.717, 1.165) is 77.0 Å². The molecular weight excluding hydrogens is 973 g/mol. The Bertz CT molecular complexity index is 1360. The van der Waals surface area contributed by atoms with E-state index in [1.165, 1.54) is 257 Å². The molecule has 0 rings (SSSR count). The van der Waals surface area contributed by atoms with E-state index in [1.54, 1.807) is 0 Å². The van der Waals surface area contributed by atoms with Crippen LogP contribution in [-0.4, -0.2) is 37.2 Å². The second-order valence-corrected chi connectivity index (χ2v) is 23.8. The van der Waals surface area contributed by atoms with Crippen LogP contribution in [0.4, 0.5) is 0 Å². The largest absolute Gasteiger partial charge is 0.462 e. The summed E-state index contributed by atoms with van der Waals surface area (Å²) in [6.07, 6.45) is 86.1. The zero-order chi connectivity index (χ0) is 57.1. The maximum atomic E-state index is 12.9. The molecule has 0 aliphatic carbocycles. The summed E-state index contributed by atoms with van der Waals surface area (Å²) in [5, 5.41) is 0. The Labute approximate surface area is 492 Å². The molecule has 1 unspecified atom stereocenters. The number of unbranched alkanes of at least 4 members (excludes halogenated alkanes) is 46. The third-order valence-electron chi connectivity index (χ3n) is 15.8. The Hall–Kier alpha value is -2.63. The maximum Gasteiger partial charge on any atom is 0.306 e. The molecule has 1 atom stereocenters. The van der Waals surface area contributed by atoms with Crippen LogP contribution in [0.15, 0.2) is 48.6 Å². The van der Waals surface area contributed by atoms with Gasteiger partial charge in [0.05, 0.1) is 0 Å². The number of hydrogen-bond donors (Lipinski definition) is 0. The van der Waals surface area contributed by atoms with Gasteiger partial charge in [-0.25, -0.2) is 0 Å². The van der Waals surface area contributed by atoms with Crippen molar-refractivity contribution in [1.82, 2.24) is 0 Å². The fourth-order valence-corrected chi connectivity index (χ4v) is 10.6. The summed E-state index contributed by atoms with van der Waals surface area (Å²) in [6, 6.07) is 0. The Balaban J connectivity index is 4.02. The summed E-state index contributed by atoms with van der Waals surface area (Å²) in [4.78, 5) is 38.2. The van der Waals surface area contributed by atoms with Crippen LogP contribution < -0.4 is 0 Å². The molecular formula is C73H134O6. The second-order valence-electron chi connectivity index (χ2n) is 23.8. The fourth-order valence-electron chi connectivity index (χ4n) is 10.6. The molecule has 6 heteroatoms. The number of rotatable bonds is 65. The smallest absolute Gasteiger partial charge is 0.306 e. The van der Waals surface area contributed by atoms with E-state index in [2.05, 4.69) is 69.4 Å². The van der Waals surface area contributed by atoms with Gasteiger partial charge >= 0.3 is 17.9 Å². The summed E-state index contributed by atoms with van der Waals surface area (Å²) in [5.74, 6) is -0.908. The maximum absolute atomic E-state index is 12.9. The number of carbonyl (C=O) groups excluding carboxylic acids is 3. The standard InChI is InChI=1S/C73H134O6/c1-4-7-10-13-16-19-22-24-26-27-28-29-30-31-32-33-34-35-36-37-38-39-40-41-42-43-44-45-47-48-51-54-57-60-63-66-72(75)78-69-70(68-77-71(74)65-62-59-56-53-50-21-18-15-12-9-6-3)79-73(76)67-64-61-58-55-52-49-46-25-23-20-17-14-11-8-5-2/h8,11,17,20,25,46,52,55,70H,4-7,9-10,12-16,18-19,21-24,26-45,47-51,53-54,56-69H2,1-3H3/b11-8-,20-17-,46-25-,55-52-. The van der Waals surface area contributed by atoms with Crippen molar-refractivity contribution in [3.63, 3.8) is 0 Å². The SMILES string of the molecule is CC/C=C\C/C=C\C/C=C\C/C=C\CCCCC(=O)OC(COC(=O)CCCCCCCCCCCCC)COC(=O)CCCCCCCCCCCCCCCCCCCCCCCCCCCCCCCCCCCCC. The molecule has 0 heterocycles. The Morgan fingerprint density at radius 2 is 0.494 bits per heavy atom. The van der Waals surface area contributed by atoms with E-state index in [9.17, 15) is 14.4 Å². The van der Waals surface area contributed by atoms with Crippen LogP contribution >= 0.6 is 0 Å². The highest BCUT2D eigenvalue weighted by molar-refractivity contribution is 5.71. The number of hydrogen-bond acceptors (Lipinski definition) is 6. The Morgan fingerprint density at radius 3 is 0.772 bits per heavy atom. The quantitative estimate of drug-likeness (QED) is 0.0261. The lowest BCUT2D eigenvalue weighted by atomic mass is 10.0. The molecule has 79 heavy (non-hydrogen) atoms. The lowest BCUT2D eigenvalue weighted by Crippen LogP contribution is -2.30. The highest BCUT2D eigenvalue weighted by atomic mass is 16.6. The van der Waals surface area contributed by atoms with Gasteiger partial charge in [-0.2, -0.15) is 0 Å². The minimum atomic E-state index is -0.792. The molecule has 0 bridgehead atoms. The van der Waals surface area contributed by atoms with E-state index in [-0.39, 0.29) is 37.5 Å². The first-order valence-corrected chi connectivity index (χ1v) is 35.1. The third kappa shape index (κ3) is 66.1. The zero-order valence-corrected chi connectivity index (χ0v) is 53.2. The fraction of sp³-hybridized carbons (Fsp3) is 0.849. The van der Waals surface area contributed by atoms with Gasteiger partial charge in [-0.1, -0.05) is 352 Å². The highest BCUT2D eigenvalue weighted by Crippen LogP contribution is 2.19. The van der Waals surface area contributed by atoms with Gasteiger partial charge in [-0.3, -0.25) is 14.4 Å². The molecule has 0 aromatic carbocycles. The van der Waals surface area contributed by atoms with Crippen molar-refractivity contribution in [2.24, 2.45) is 0 Å². The molecule has 0 fully saturated rings. The molecule has 0 aromatic heterocycles.